The molecule has 0 saturated heterocycles. The van der Waals surface area contributed by atoms with Crippen molar-refractivity contribution in [2.45, 2.75) is 6.42 Å². The maximum Gasteiger partial charge on any atom is 0.324 e. The lowest BCUT2D eigenvalue weighted by Gasteiger charge is -2.14. The summed E-state index contributed by atoms with van der Waals surface area (Å²) in [7, 11) is 0. The van der Waals surface area contributed by atoms with E-state index in [2.05, 4.69) is 31.1 Å². The number of aromatic nitrogens is 1. The summed E-state index contributed by atoms with van der Waals surface area (Å²) in [6.07, 6.45) is 1.92. The van der Waals surface area contributed by atoms with Gasteiger partial charge in [0.05, 0.1) is 24.6 Å². The average Bonchev–Trinajstić information content (AvgIpc) is 3.28. The minimum absolute atomic E-state index is 0.285. The molecule has 2 aromatic heterocycles. The third kappa shape index (κ3) is 7.16. The summed E-state index contributed by atoms with van der Waals surface area (Å²) in [6.45, 7) is 7.66. The minimum atomic E-state index is -0.535. The van der Waals surface area contributed by atoms with Gasteiger partial charge in [0.25, 0.3) is 0 Å². The zero-order chi connectivity index (χ0) is 22.8. The number of nitrogens with one attached hydrogen (secondary N) is 4. The molecule has 0 radical (unpaired) electrons. The number of amides is 4. The molecule has 11 heteroatoms. The van der Waals surface area contributed by atoms with E-state index in [4.69, 9.17) is 22.9 Å². The molecule has 0 fully saturated rings. The van der Waals surface area contributed by atoms with E-state index in [1.165, 1.54) is 23.6 Å². The summed E-state index contributed by atoms with van der Waals surface area (Å²) in [6, 6.07) is 8.95. The number of halogens is 1. The number of anilines is 3. The van der Waals surface area contributed by atoms with Crippen molar-refractivity contribution < 1.29 is 14.3 Å². The van der Waals surface area contributed by atoms with Crippen LogP contribution in [0, 0.1) is 6.57 Å². The highest BCUT2D eigenvalue weighted by Crippen LogP contribution is 2.28. The topological polar surface area (TPSA) is 109 Å². The predicted molar refractivity (Wildman–Crippen MR) is 126 cm³/mol. The highest BCUT2D eigenvalue weighted by atomic mass is 35.5. The predicted octanol–water partition coefficient (Wildman–Crippen LogP) is 5.58. The first kappa shape index (κ1) is 22.9. The lowest BCUT2D eigenvalue weighted by atomic mass is 10.3. The van der Waals surface area contributed by atoms with Crippen LogP contribution in [0.4, 0.5) is 32.5 Å². The van der Waals surface area contributed by atoms with Crippen LogP contribution in [0.15, 0.2) is 53.4 Å². The van der Waals surface area contributed by atoms with Crippen molar-refractivity contribution in [3.8, 4) is 5.75 Å². The lowest BCUT2D eigenvalue weighted by molar-refractivity contribution is 0.250. The fourth-order valence-electron chi connectivity index (χ4n) is 2.49. The van der Waals surface area contributed by atoms with Crippen LogP contribution in [0.5, 0.6) is 5.75 Å². The summed E-state index contributed by atoms with van der Waals surface area (Å²) >= 11 is 7.55. The van der Waals surface area contributed by atoms with E-state index >= 15 is 0 Å². The van der Waals surface area contributed by atoms with Crippen LogP contribution in [0.1, 0.15) is 6.42 Å². The Morgan fingerprint density at radius 2 is 2.00 bits per heavy atom. The molecule has 4 amide bonds. The normalized spacial score (nSPS) is 10.0. The maximum absolute atomic E-state index is 12.3. The van der Waals surface area contributed by atoms with Crippen molar-refractivity contribution in [2.24, 2.45) is 0 Å². The molecule has 0 atom stereocenters. The zero-order valence-corrected chi connectivity index (χ0v) is 18.3. The summed E-state index contributed by atoms with van der Waals surface area (Å²) in [5.41, 5.74) is 1.51. The Morgan fingerprint density at radius 1 is 1.12 bits per heavy atom. The van der Waals surface area contributed by atoms with Gasteiger partial charge in [-0.3, -0.25) is 10.3 Å². The van der Waals surface area contributed by atoms with E-state index in [1.807, 2.05) is 16.8 Å². The largest absolute Gasteiger partial charge is 0.491 e. The van der Waals surface area contributed by atoms with Gasteiger partial charge in [-0.2, -0.15) is 11.3 Å². The number of benzene rings is 1. The number of carbonyl (C=O) groups excluding carboxylic acids is 2. The Morgan fingerprint density at radius 3 is 2.72 bits per heavy atom. The standard InChI is InChI=1S/C21H19ClN6O3S/c1-23-15-4-6-19(25-12-15)28-21(30)27-17-11-14(22)3-5-18(17)31-9-2-8-24-20(29)26-16-7-10-32-13-16/h3-7,10-13H,2,8-9H2,(H2,24,26,29)(H2,25,27,28,30). The smallest absolute Gasteiger partial charge is 0.324 e. The Kier molecular flexibility index (Phi) is 8.25. The molecular formula is C21H19ClN6O3S. The monoisotopic (exact) mass is 470 g/mol. The first-order valence-electron chi connectivity index (χ1n) is 9.44. The summed E-state index contributed by atoms with van der Waals surface area (Å²) in [5.74, 6) is 0.731. The highest BCUT2D eigenvalue weighted by molar-refractivity contribution is 7.08. The van der Waals surface area contributed by atoms with E-state index in [1.54, 1.807) is 24.3 Å². The van der Waals surface area contributed by atoms with Crippen LogP contribution in [-0.4, -0.2) is 30.2 Å². The van der Waals surface area contributed by atoms with E-state index in [0.29, 0.717) is 47.5 Å². The van der Waals surface area contributed by atoms with Gasteiger partial charge in [0, 0.05) is 23.1 Å². The number of pyridine rings is 1. The maximum atomic E-state index is 12.3. The molecule has 0 saturated carbocycles. The molecule has 0 aliphatic carbocycles. The van der Waals surface area contributed by atoms with E-state index in [-0.39, 0.29) is 6.03 Å². The van der Waals surface area contributed by atoms with Crippen LogP contribution < -0.4 is 26.0 Å². The Balaban J connectivity index is 1.46. The molecule has 0 aliphatic heterocycles. The van der Waals surface area contributed by atoms with Crippen molar-refractivity contribution >= 4 is 57.9 Å². The molecule has 0 aliphatic rings. The second-order valence-corrected chi connectivity index (χ2v) is 7.54. The molecular weight excluding hydrogens is 452 g/mol. The minimum Gasteiger partial charge on any atom is -0.491 e. The van der Waals surface area contributed by atoms with Crippen molar-refractivity contribution in [3.63, 3.8) is 0 Å². The fourth-order valence-corrected chi connectivity index (χ4v) is 3.25. The van der Waals surface area contributed by atoms with Gasteiger partial charge in [-0.1, -0.05) is 17.7 Å². The van der Waals surface area contributed by atoms with Gasteiger partial charge in [-0.05, 0) is 42.1 Å². The molecule has 1 aromatic carbocycles. The molecule has 32 heavy (non-hydrogen) atoms. The van der Waals surface area contributed by atoms with Crippen LogP contribution in [-0.2, 0) is 0 Å². The second-order valence-electron chi connectivity index (χ2n) is 6.33. The summed E-state index contributed by atoms with van der Waals surface area (Å²) in [4.78, 5) is 31.3. The Bertz CT molecular complexity index is 1100. The van der Waals surface area contributed by atoms with Crippen molar-refractivity contribution in [1.82, 2.24) is 10.3 Å². The van der Waals surface area contributed by atoms with Gasteiger partial charge in [0.2, 0.25) is 5.69 Å². The zero-order valence-electron chi connectivity index (χ0n) is 16.7. The first-order chi connectivity index (χ1) is 15.5. The van der Waals surface area contributed by atoms with Crippen molar-refractivity contribution in [2.75, 3.05) is 29.1 Å². The fraction of sp³-hybridized carbons (Fsp3) is 0.143. The Labute approximate surface area is 193 Å². The van der Waals surface area contributed by atoms with Gasteiger partial charge in [-0.15, -0.1) is 0 Å². The number of hydrogen-bond donors (Lipinski definition) is 4. The molecule has 9 nitrogen and oxygen atoms in total. The summed E-state index contributed by atoms with van der Waals surface area (Å²) < 4.78 is 5.74. The van der Waals surface area contributed by atoms with Crippen molar-refractivity contribution in [1.29, 1.82) is 0 Å². The van der Waals surface area contributed by atoms with Crippen LogP contribution in [0.25, 0.3) is 4.85 Å². The average molecular weight is 471 g/mol. The SMILES string of the molecule is [C-]#[N+]c1ccc(NC(=O)Nc2cc(Cl)ccc2OCCCNC(=O)Nc2ccsc2)nc1. The first-order valence-corrected chi connectivity index (χ1v) is 10.8. The number of urea groups is 2. The van der Waals surface area contributed by atoms with Crippen LogP contribution in [0.2, 0.25) is 5.02 Å². The van der Waals surface area contributed by atoms with Crippen LogP contribution in [0.3, 0.4) is 0 Å². The number of rotatable bonds is 8. The molecule has 0 spiro atoms. The van der Waals surface area contributed by atoms with Gasteiger partial charge in [0.1, 0.15) is 11.6 Å². The number of nitrogens with zero attached hydrogens (tertiary/aromatic N) is 2. The van der Waals surface area contributed by atoms with Crippen molar-refractivity contribution in [3.05, 3.63) is 69.8 Å². The number of thiophene rings is 1. The molecule has 0 unspecified atom stereocenters. The molecule has 3 aromatic rings. The molecule has 2 heterocycles. The number of ether oxygens (including phenoxy) is 1. The number of carbonyl (C=O) groups is 2. The van der Waals surface area contributed by atoms with E-state index in [9.17, 15) is 9.59 Å². The molecule has 0 bridgehead atoms. The quantitative estimate of drug-likeness (QED) is 0.254. The van der Waals surface area contributed by atoms with Gasteiger partial charge in [-0.25, -0.2) is 14.4 Å². The third-order valence-corrected chi connectivity index (χ3v) is 4.87. The molecule has 4 N–H and O–H groups in total. The number of hydrogen-bond acceptors (Lipinski definition) is 5. The van der Waals surface area contributed by atoms with Gasteiger partial charge < -0.3 is 20.7 Å². The second kappa shape index (κ2) is 11.5. The molecule has 3 rings (SSSR count). The third-order valence-electron chi connectivity index (χ3n) is 3.95. The molecule has 164 valence electrons. The summed E-state index contributed by atoms with van der Waals surface area (Å²) in [5, 5.41) is 14.9. The van der Waals surface area contributed by atoms with Gasteiger partial charge in [0.15, 0.2) is 0 Å². The van der Waals surface area contributed by atoms with E-state index < -0.39 is 6.03 Å². The highest BCUT2D eigenvalue weighted by Gasteiger charge is 2.10. The lowest BCUT2D eigenvalue weighted by Crippen LogP contribution is -2.30. The Hall–Kier alpha value is -3.81. The van der Waals surface area contributed by atoms with E-state index in [0.717, 1.165) is 5.69 Å². The van der Waals surface area contributed by atoms with Crippen LogP contribution >= 0.6 is 22.9 Å². The van der Waals surface area contributed by atoms with Gasteiger partial charge >= 0.3 is 12.1 Å².